The summed E-state index contributed by atoms with van der Waals surface area (Å²) in [6, 6.07) is 10.7. The number of H-pyrrole nitrogens is 1. The number of aromatic amines is 1. The molecule has 4 rings (SSSR count). The van der Waals surface area contributed by atoms with Crippen LogP contribution in [0.3, 0.4) is 0 Å². The molecule has 100 valence electrons. The first kappa shape index (κ1) is 11.6. The number of hydrogen-bond donors (Lipinski definition) is 2. The summed E-state index contributed by atoms with van der Waals surface area (Å²) in [6.45, 7) is 3.05. The summed E-state index contributed by atoms with van der Waals surface area (Å²) in [7, 11) is 0. The average Bonchev–Trinajstić information content (AvgIpc) is 2.92. The molecule has 0 spiro atoms. The van der Waals surface area contributed by atoms with Gasteiger partial charge in [0.05, 0.1) is 11.6 Å². The van der Waals surface area contributed by atoms with Crippen molar-refractivity contribution in [2.45, 2.75) is 19.4 Å². The fourth-order valence-electron chi connectivity index (χ4n) is 2.94. The third-order valence-electron chi connectivity index (χ3n) is 4.00. The highest BCUT2D eigenvalue weighted by Crippen LogP contribution is 2.28. The fraction of sp³-hybridized carbons (Fsp3) is 0.250. The van der Waals surface area contributed by atoms with E-state index in [1.807, 2.05) is 12.3 Å². The van der Waals surface area contributed by atoms with Crippen LogP contribution >= 0.6 is 0 Å². The van der Waals surface area contributed by atoms with Gasteiger partial charge in [0.15, 0.2) is 5.65 Å². The number of pyridine rings is 1. The van der Waals surface area contributed by atoms with E-state index in [2.05, 4.69) is 51.5 Å². The molecule has 0 aliphatic carbocycles. The van der Waals surface area contributed by atoms with Gasteiger partial charge in [0.1, 0.15) is 5.82 Å². The van der Waals surface area contributed by atoms with E-state index in [0.717, 1.165) is 30.0 Å². The Morgan fingerprint density at radius 2 is 2.10 bits per heavy atom. The van der Waals surface area contributed by atoms with Crippen molar-refractivity contribution in [3.63, 3.8) is 0 Å². The van der Waals surface area contributed by atoms with Crippen LogP contribution in [0.15, 0.2) is 36.5 Å². The minimum Gasteiger partial charge on any atom is -0.339 e. The first-order valence-electron chi connectivity index (χ1n) is 6.95. The highest BCUT2D eigenvalue weighted by Gasteiger charge is 2.23. The molecule has 0 radical (unpaired) electrons. The number of imidazole rings is 1. The monoisotopic (exact) mass is 264 g/mol. The third kappa shape index (κ3) is 1.72. The molecule has 20 heavy (non-hydrogen) atoms. The van der Waals surface area contributed by atoms with Crippen molar-refractivity contribution in [2.75, 3.05) is 6.54 Å². The van der Waals surface area contributed by atoms with E-state index >= 15 is 0 Å². The van der Waals surface area contributed by atoms with Crippen molar-refractivity contribution in [1.29, 1.82) is 0 Å². The minimum absolute atomic E-state index is 0.133. The zero-order valence-electron chi connectivity index (χ0n) is 11.4. The highest BCUT2D eigenvalue weighted by molar-refractivity contribution is 5.74. The summed E-state index contributed by atoms with van der Waals surface area (Å²) in [5.74, 6) is 0.953. The maximum absolute atomic E-state index is 4.67. The van der Waals surface area contributed by atoms with Crippen molar-refractivity contribution in [3.8, 4) is 0 Å². The molecule has 4 nitrogen and oxygen atoms in total. The van der Waals surface area contributed by atoms with Crippen LogP contribution in [-0.4, -0.2) is 21.5 Å². The molecule has 0 amide bonds. The van der Waals surface area contributed by atoms with Crippen LogP contribution in [0.1, 0.15) is 28.6 Å². The van der Waals surface area contributed by atoms with Gasteiger partial charge in [-0.3, -0.25) is 0 Å². The van der Waals surface area contributed by atoms with Gasteiger partial charge < -0.3 is 10.3 Å². The molecule has 1 aliphatic rings. The van der Waals surface area contributed by atoms with Gasteiger partial charge in [-0.2, -0.15) is 0 Å². The second-order valence-corrected chi connectivity index (χ2v) is 5.28. The van der Waals surface area contributed by atoms with E-state index in [9.17, 15) is 0 Å². The van der Waals surface area contributed by atoms with Crippen LogP contribution in [0, 0.1) is 6.92 Å². The lowest BCUT2D eigenvalue weighted by atomic mass is 9.94. The van der Waals surface area contributed by atoms with E-state index in [4.69, 9.17) is 0 Å². The number of aromatic nitrogens is 3. The summed E-state index contributed by atoms with van der Waals surface area (Å²) in [4.78, 5) is 12.4. The van der Waals surface area contributed by atoms with Crippen LogP contribution in [0.5, 0.6) is 0 Å². The van der Waals surface area contributed by atoms with E-state index in [0.29, 0.717) is 0 Å². The van der Waals surface area contributed by atoms with Gasteiger partial charge in [-0.15, -0.1) is 0 Å². The molecule has 0 bridgehead atoms. The van der Waals surface area contributed by atoms with Crippen molar-refractivity contribution in [3.05, 3.63) is 59.0 Å². The first-order chi connectivity index (χ1) is 9.83. The van der Waals surface area contributed by atoms with Crippen LogP contribution in [0.25, 0.3) is 11.2 Å². The molecule has 3 heterocycles. The Hall–Kier alpha value is -2.20. The zero-order chi connectivity index (χ0) is 13.5. The number of fused-ring (bicyclic) bond motifs is 2. The lowest BCUT2D eigenvalue weighted by Gasteiger charge is -2.25. The molecule has 0 saturated carbocycles. The van der Waals surface area contributed by atoms with Crippen molar-refractivity contribution < 1.29 is 0 Å². The van der Waals surface area contributed by atoms with E-state index in [-0.39, 0.29) is 6.04 Å². The lowest BCUT2D eigenvalue weighted by Crippen LogP contribution is -2.31. The maximum Gasteiger partial charge on any atom is 0.178 e. The summed E-state index contributed by atoms with van der Waals surface area (Å²) in [6.07, 6.45) is 2.88. The van der Waals surface area contributed by atoms with E-state index in [1.54, 1.807) is 0 Å². The molecule has 2 aromatic heterocycles. The summed E-state index contributed by atoms with van der Waals surface area (Å²) in [5, 5.41) is 3.55. The van der Waals surface area contributed by atoms with Crippen molar-refractivity contribution in [2.24, 2.45) is 0 Å². The smallest absolute Gasteiger partial charge is 0.178 e. The molecular weight excluding hydrogens is 248 g/mol. The molecule has 1 aliphatic heterocycles. The molecule has 3 aromatic rings. The normalized spacial score (nSPS) is 18.1. The molecule has 1 aromatic carbocycles. The third-order valence-corrected chi connectivity index (χ3v) is 4.00. The van der Waals surface area contributed by atoms with Crippen LogP contribution in [-0.2, 0) is 6.42 Å². The second-order valence-electron chi connectivity index (χ2n) is 5.28. The standard InChI is InChI=1S/C16H16N4/c1-10-6-8-18-15-13(10)19-16(20-15)14-12-5-3-2-4-11(12)7-9-17-14/h2-6,8,14,17H,7,9H2,1H3,(H,18,19,20). The number of rotatable bonds is 1. The predicted molar refractivity (Wildman–Crippen MR) is 78.6 cm³/mol. The largest absolute Gasteiger partial charge is 0.339 e. The Kier molecular flexibility index (Phi) is 2.57. The number of aryl methyl sites for hydroxylation is 1. The van der Waals surface area contributed by atoms with Gasteiger partial charge in [-0.1, -0.05) is 24.3 Å². The topological polar surface area (TPSA) is 53.6 Å². The SMILES string of the molecule is Cc1ccnc2nc(C3NCCc4ccccc43)[nH]c12. The Morgan fingerprint density at radius 1 is 1.20 bits per heavy atom. The van der Waals surface area contributed by atoms with Gasteiger partial charge in [-0.05, 0) is 36.1 Å². The van der Waals surface area contributed by atoms with E-state index < -0.39 is 0 Å². The predicted octanol–water partition coefficient (Wildman–Crippen LogP) is 2.50. The maximum atomic E-state index is 4.67. The molecule has 2 N–H and O–H groups in total. The molecule has 0 fully saturated rings. The first-order valence-corrected chi connectivity index (χ1v) is 6.95. The number of nitrogens with zero attached hydrogens (tertiary/aromatic N) is 2. The van der Waals surface area contributed by atoms with Crippen LogP contribution in [0.4, 0.5) is 0 Å². The molecule has 1 unspecified atom stereocenters. The minimum atomic E-state index is 0.133. The Morgan fingerprint density at radius 3 is 3.00 bits per heavy atom. The van der Waals surface area contributed by atoms with Gasteiger partial charge in [0.2, 0.25) is 0 Å². The Bertz CT molecular complexity index is 775. The van der Waals surface area contributed by atoms with Gasteiger partial charge in [0, 0.05) is 12.7 Å². The zero-order valence-corrected chi connectivity index (χ0v) is 11.4. The highest BCUT2D eigenvalue weighted by atomic mass is 15.1. The molecular formula is C16H16N4. The number of benzene rings is 1. The van der Waals surface area contributed by atoms with Crippen LogP contribution in [0.2, 0.25) is 0 Å². The number of hydrogen-bond acceptors (Lipinski definition) is 3. The summed E-state index contributed by atoms with van der Waals surface area (Å²) >= 11 is 0. The summed E-state index contributed by atoms with van der Waals surface area (Å²) in [5.41, 5.74) is 5.73. The quantitative estimate of drug-likeness (QED) is 0.710. The second kappa shape index (κ2) is 4.42. The van der Waals surface area contributed by atoms with Gasteiger partial charge in [-0.25, -0.2) is 9.97 Å². The van der Waals surface area contributed by atoms with Gasteiger partial charge in [0.25, 0.3) is 0 Å². The molecule has 0 saturated heterocycles. The van der Waals surface area contributed by atoms with Crippen molar-refractivity contribution >= 4 is 11.2 Å². The van der Waals surface area contributed by atoms with Crippen LogP contribution < -0.4 is 5.32 Å². The van der Waals surface area contributed by atoms with E-state index in [1.165, 1.54) is 16.7 Å². The lowest BCUT2D eigenvalue weighted by molar-refractivity contribution is 0.549. The van der Waals surface area contributed by atoms with Crippen molar-refractivity contribution in [1.82, 2.24) is 20.3 Å². The fourth-order valence-corrected chi connectivity index (χ4v) is 2.94. The Balaban J connectivity index is 1.86. The summed E-state index contributed by atoms with van der Waals surface area (Å²) < 4.78 is 0. The molecule has 1 atom stereocenters. The average molecular weight is 264 g/mol. The Labute approximate surface area is 117 Å². The molecule has 4 heteroatoms. The van der Waals surface area contributed by atoms with Gasteiger partial charge >= 0.3 is 0 Å². The number of nitrogens with one attached hydrogen (secondary N) is 2.